The van der Waals surface area contributed by atoms with Gasteiger partial charge in [-0.3, -0.25) is 0 Å². The molecular formula is C15H22N4. The van der Waals surface area contributed by atoms with Crippen LogP contribution in [-0.4, -0.2) is 21.5 Å². The van der Waals surface area contributed by atoms with Gasteiger partial charge in [0.2, 0.25) is 0 Å². The first-order chi connectivity index (χ1) is 9.20. The molecule has 0 aliphatic heterocycles. The zero-order chi connectivity index (χ0) is 13.7. The van der Waals surface area contributed by atoms with Gasteiger partial charge in [0.1, 0.15) is 0 Å². The maximum Gasteiger partial charge on any atom is 0.0969 e. The Morgan fingerprint density at radius 2 is 1.95 bits per heavy atom. The van der Waals surface area contributed by atoms with Crippen molar-refractivity contribution in [2.75, 3.05) is 6.54 Å². The van der Waals surface area contributed by atoms with Gasteiger partial charge >= 0.3 is 0 Å². The van der Waals surface area contributed by atoms with Gasteiger partial charge in [-0.15, -0.1) is 5.10 Å². The zero-order valence-corrected chi connectivity index (χ0v) is 11.9. The second-order valence-corrected chi connectivity index (χ2v) is 5.08. The Morgan fingerprint density at radius 1 is 1.21 bits per heavy atom. The lowest BCUT2D eigenvalue weighted by molar-refractivity contribution is 0.662. The van der Waals surface area contributed by atoms with Crippen molar-refractivity contribution in [3.05, 3.63) is 41.7 Å². The number of hydrogen-bond donors (Lipinski definition) is 1. The monoisotopic (exact) mass is 258 g/mol. The summed E-state index contributed by atoms with van der Waals surface area (Å²) in [6, 6.07) is 8.48. The van der Waals surface area contributed by atoms with Gasteiger partial charge in [0.25, 0.3) is 0 Å². The van der Waals surface area contributed by atoms with Gasteiger partial charge in [-0.05, 0) is 36.6 Å². The van der Waals surface area contributed by atoms with Crippen LogP contribution in [-0.2, 0) is 6.54 Å². The van der Waals surface area contributed by atoms with Gasteiger partial charge in [0, 0.05) is 6.54 Å². The van der Waals surface area contributed by atoms with E-state index in [1.807, 2.05) is 10.9 Å². The first-order valence-corrected chi connectivity index (χ1v) is 6.93. The van der Waals surface area contributed by atoms with E-state index in [9.17, 15) is 0 Å². The van der Waals surface area contributed by atoms with E-state index in [4.69, 9.17) is 0 Å². The number of aromatic nitrogens is 3. The van der Waals surface area contributed by atoms with E-state index in [1.165, 1.54) is 5.56 Å². The first-order valence-electron chi connectivity index (χ1n) is 6.93. The van der Waals surface area contributed by atoms with Gasteiger partial charge in [-0.25, -0.2) is 4.68 Å². The Bertz CT molecular complexity index is 499. The molecule has 0 spiro atoms. The minimum Gasteiger partial charge on any atom is -0.311 e. The van der Waals surface area contributed by atoms with E-state index in [0.29, 0.717) is 5.92 Å². The minimum atomic E-state index is 0.554. The van der Waals surface area contributed by atoms with Crippen LogP contribution >= 0.6 is 0 Å². The van der Waals surface area contributed by atoms with E-state index in [-0.39, 0.29) is 0 Å². The summed E-state index contributed by atoms with van der Waals surface area (Å²) in [6.07, 6.45) is 3.11. The van der Waals surface area contributed by atoms with Gasteiger partial charge in [0.05, 0.1) is 17.6 Å². The molecule has 0 bridgehead atoms. The highest BCUT2D eigenvalue weighted by Crippen LogP contribution is 2.16. The molecule has 4 nitrogen and oxygen atoms in total. The lowest BCUT2D eigenvalue weighted by atomic mass is 10.0. The van der Waals surface area contributed by atoms with Crippen LogP contribution in [0.3, 0.4) is 0 Å². The van der Waals surface area contributed by atoms with Crippen LogP contribution in [0, 0.1) is 0 Å². The summed E-state index contributed by atoms with van der Waals surface area (Å²) < 4.78 is 1.83. The van der Waals surface area contributed by atoms with Crippen LogP contribution in [0.2, 0.25) is 0 Å². The third-order valence-electron chi connectivity index (χ3n) is 3.10. The lowest BCUT2D eigenvalue weighted by Gasteiger charge is -2.06. The van der Waals surface area contributed by atoms with Crippen LogP contribution in [0.4, 0.5) is 0 Å². The molecule has 0 atom stereocenters. The highest BCUT2D eigenvalue weighted by Gasteiger charge is 2.03. The molecule has 0 amide bonds. The average molecular weight is 258 g/mol. The van der Waals surface area contributed by atoms with Crippen molar-refractivity contribution in [1.29, 1.82) is 0 Å². The third-order valence-corrected chi connectivity index (χ3v) is 3.10. The van der Waals surface area contributed by atoms with Crippen molar-refractivity contribution in [2.24, 2.45) is 0 Å². The normalized spacial score (nSPS) is 11.2. The predicted octanol–water partition coefficient (Wildman–Crippen LogP) is 2.89. The molecule has 2 aromatic rings. The second kappa shape index (κ2) is 6.48. The molecule has 1 aromatic carbocycles. The van der Waals surface area contributed by atoms with Crippen molar-refractivity contribution in [1.82, 2.24) is 20.3 Å². The van der Waals surface area contributed by atoms with Crippen LogP contribution in [0.1, 0.15) is 44.4 Å². The largest absolute Gasteiger partial charge is 0.311 e. The topological polar surface area (TPSA) is 42.7 Å². The molecule has 0 aliphatic carbocycles. The maximum absolute atomic E-state index is 4.17. The van der Waals surface area contributed by atoms with Crippen molar-refractivity contribution in [2.45, 2.75) is 39.7 Å². The van der Waals surface area contributed by atoms with E-state index in [0.717, 1.165) is 30.9 Å². The van der Waals surface area contributed by atoms with Crippen LogP contribution < -0.4 is 5.32 Å². The standard InChI is InChI=1S/C15H22N4/c1-4-9-16-10-14-11-19(18-17-14)15-7-5-13(6-8-15)12(2)3/h5-8,11-12,16H,4,9-10H2,1-3H3. The van der Waals surface area contributed by atoms with Crippen LogP contribution in [0.5, 0.6) is 0 Å². The molecular weight excluding hydrogens is 236 g/mol. The third kappa shape index (κ3) is 3.64. The number of nitrogens with one attached hydrogen (secondary N) is 1. The molecule has 4 heteroatoms. The molecule has 102 valence electrons. The quantitative estimate of drug-likeness (QED) is 0.810. The van der Waals surface area contributed by atoms with Crippen molar-refractivity contribution >= 4 is 0 Å². The lowest BCUT2D eigenvalue weighted by Crippen LogP contribution is -2.13. The summed E-state index contributed by atoms with van der Waals surface area (Å²) in [5.74, 6) is 0.554. The van der Waals surface area contributed by atoms with Crippen molar-refractivity contribution in [3.63, 3.8) is 0 Å². The molecule has 2 rings (SSSR count). The van der Waals surface area contributed by atoms with E-state index in [1.54, 1.807) is 0 Å². The maximum atomic E-state index is 4.17. The summed E-state index contributed by atoms with van der Waals surface area (Å²) in [5, 5.41) is 11.7. The molecule has 0 unspecified atom stereocenters. The molecule has 0 radical (unpaired) electrons. The molecule has 1 heterocycles. The molecule has 0 aliphatic rings. The van der Waals surface area contributed by atoms with E-state index >= 15 is 0 Å². The Hall–Kier alpha value is -1.68. The molecule has 0 saturated heterocycles. The summed E-state index contributed by atoms with van der Waals surface area (Å²) in [6.45, 7) is 8.33. The number of rotatable bonds is 6. The van der Waals surface area contributed by atoms with E-state index in [2.05, 4.69) is 60.7 Å². The SMILES string of the molecule is CCCNCc1cn(-c2ccc(C(C)C)cc2)nn1. The smallest absolute Gasteiger partial charge is 0.0969 e. The number of hydrogen-bond acceptors (Lipinski definition) is 3. The highest BCUT2D eigenvalue weighted by atomic mass is 15.4. The molecule has 0 saturated carbocycles. The van der Waals surface area contributed by atoms with Gasteiger partial charge < -0.3 is 5.32 Å². The molecule has 1 aromatic heterocycles. The molecule has 19 heavy (non-hydrogen) atoms. The second-order valence-electron chi connectivity index (χ2n) is 5.08. The predicted molar refractivity (Wildman–Crippen MR) is 77.4 cm³/mol. The Morgan fingerprint density at radius 3 is 2.58 bits per heavy atom. The Balaban J connectivity index is 2.05. The first kappa shape index (κ1) is 13.7. The van der Waals surface area contributed by atoms with Gasteiger partial charge in [-0.2, -0.15) is 0 Å². The molecule has 1 N–H and O–H groups in total. The highest BCUT2D eigenvalue weighted by molar-refractivity contribution is 5.34. The Labute approximate surface area is 114 Å². The van der Waals surface area contributed by atoms with Crippen molar-refractivity contribution in [3.8, 4) is 5.69 Å². The summed E-state index contributed by atoms with van der Waals surface area (Å²) in [7, 11) is 0. The Kier molecular flexibility index (Phi) is 4.68. The summed E-state index contributed by atoms with van der Waals surface area (Å²) in [5.41, 5.74) is 3.37. The van der Waals surface area contributed by atoms with Gasteiger partial charge in [0.15, 0.2) is 0 Å². The number of nitrogens with zero attached hydrogens (tertiary/aromatic N) is 3. The van der Waals surface area contributed by atoms with Gasteiger partial charge in [-0.1, -0.05) is 38.1 Å². The van der Waals surface area contributed by atoms with Crippen LogP contribution in [0.25, 0.3) is 5.69 Å². The fraction of sp³-hybridized carbons (Fsp3) is 0.467. The summed E-state index contributed by atoms with van der Waals surface area (Å²) >= 11 is 0. The van der Waals surface area contributed by atoms with Crippen LogP contribution in [0.15, 0.2) is 30.5 Å². The fourth-order valence-corrected chi connectivity index (χ4v) is 1.91. The fourth-order valence-electron chi connectivity index (χ4n) is 1.91. The van der Waals surface area contributed by atoms with E-state index < -0.39 is 0 Å². The molecule has 0 fully saturated rings. The minimum absolute atomic E-state index is 0.554. The summed E-state index contributed by atoms with van der Waals surface area (Å²) in [4.78, 5) is 0. The average Bonchev–Trinajstić information content (AvgIpc) is 2.88. The number of benzene rings is 1. The van der Waals surface area contributed by atoms with Crippen molar-refractivity contribution < 1.29 is 0 Å². The zero-order valence-electron chi connectivity index (χ0n) is 11.9.